The Morgan fingerprint density at radius 2 is 2.29 bits per heavy atom. The fraction of sp³-hybridized carbons (Fsp3) is 0.100. The number of benzene rings is 1. The first-order valence-corrected chi connectivity index (χ1v) is 4.65. The van der Waals surface area contributed by atoms with Gasteiger partial charge in [-0.25, -0.2) is 4.79 Å². The highest BCUT2D eigenvalue weighted by Crippen LogP contribution is 2.21. The molecule has 0 aliphatic heterocycles. The average molecular weight is 254 g/mol. The summed E-state index contributed by atoms with van der Waals surface area (Å²) in [6, 6.07) is 7.22. The Hall–Kier alpha value is -1.47. The second-order valence-electron chi connectivity index (χ2n) is 2.39. The van der Waals surface area contributed by atoms with Gasteiger partial charge in [0.15, 0.2) is 6.61 Å². The highest BCUT2D eigenvalue weighted by atomic mass is 79.9. The Balaban J connectivity index is 2.57. The van der Waals surface area contributed by atoms with Crippen molar-refractivity contribution in [2.75, 3.05) is 11.9 Å². The summed E-state index contributed by atoms with van der Waals surface area (Å²) in [6.45, 7) is -0.0315. The van der Waals surface area contributed by atoms with Gasteiger partial charge in [0.05, 0.1) is 5.69 Å². The highest BCUT2D eigenvalue weighted by molar-refractivity contribution is 9.10. The molecule has 1 aromatic carbocycles. The summed E-state index contributed by atoms with van der Waals surface area (Å²) >= 11 is 3.28. The van der Waals surface area contributed by atoms with Crippen LogP contribution < -0.4 is 5.32 Å². The second kappa shape index (κ2) is 5.30. The van der Waals surface area contributed by atoms with Crippen LogP contribution in [0.15, 0.2) is 28.7 Å². The molecule has 0 saturated heterocycles. The minimum atomic E-state index is -0.560. The topological polar surface area (TPSA) is 38.3 Å². The maximum atomic E-state index is 11.1. The summed E-state index contributed by atoms with van der Waals surface area (Å²) in [6.07, 6.45) is 4.38. The normalized spacial score (nSPS) is 8.86. The van der Waals surface area contributed by atoms with E-state index < -0.39 is 6.09 Å². The lowest BCUT2D eigenvalue weighted by Crippen LogP contribution is -2.13. The monoisotopic (exact) mass is 253 g/mol. The number of para-hydroxylation sites is 1. The highest BCUT2D eigenvalue weighted by Gasteiger charge is 2.03. The van der Waals surface area contributed by atoms with Crippen LogP contribution in [0, 0.1) is 12.3 Å². The molecule has 0 radical (unpaired) electrons. The first kappa shape index (κ1) is 10.6. The van der Waals surface area contributed by atoms with E-state index in [0.717, 1.165) is 4.47 Å². The maximum absolute atomic E-state index is 11.1. The zero-order valence-electron chi connectivity index (χ0n) is 7.29. The Morgan fingerprint density at radius 1 is 1.57 bits per heavy atom. The maximum Gasteiger partial charge on any atom is 0.412 e. The van der Waals surface area contributed by atoms with Crippen molar-refractivity contribution in [3.63, 3.8) is 0 Å². The molecule has 0 heterocycles. The van der Waals surface area contributed by atoms with Crippen molar-refractivity contribution in [2.45, 2.75) is 0 Å². The fourth-order valence-electron chi connectivity index (χ4n) is 0.816. The minimum absolute atomic E-state index is 0.0315. The Labute approximate surface area is 90.6 Å². The predicted molar refractivity (Wildman–Crippen MR) is 57.9 cm³/mol. The van der Waals surface area contributed by atoms with Crippen LogP contribution in [0.4, 0.5) is 10.5 Å². The Bertz CT molecular complexity index is 371. The molecule has 1 amide bonds. The molecule has 72 valence electrons. The molecule has 1 rings (SSSR count). The van der Waals surface area contributed by atoms with Crippen molar-refractivity contribution in [1.82, 2.24) is 0 Å². The number of amides is 1. The van der Waals surface area contributed by atoms with Gasteiger partial charge in [0, 0.05) is 4.47 Å². The zero-order valence-corrected chi connectivity index (χ0v) is 8.87. The van der Waals surface area contributed by atoms with Crippen molar-refractivity contribution >= 4 is 27.7 Å². The van der Waals surface area contributed by atoms with Gasteiger partial charge in [-0.1, -0.05) is 18.1 Å². The molecular formula is C10H8BrNO2. The van der Waals surface area contributed by atoms with E-state index in [0.29, 0.717) is 5.69 Å². The van der Waals surface area contributed by atoms with Crippen molar-refractivity contribution in [2.24, 2.45) is 0 Å². The van der Waals surface area contributed by atoms with E-state index in [9.17, 15) is 4.79 Å². The first-order valence-electron chi connectivity index (χ1n) is 3.86. The number of ether oxygens (including phenoxy) is 1. The number of nitrogens with one attached hydrogen (secondary N) is 1. The smallest absolute Gasteiger partial charge is 0.412 e. The summed E-state index contributed by atoms with van der Waals surface area (Å²) in [5.41, 5.74) is 0.648. The average Bonchev–Trinajstić information content (AvgIpc) is 2.18. The number of carbonyl (C=O) groups is 1. The molecule has 0 bridgehead atoms. The largest absolute Gasteiger partial charge is 0.436 e. The van der Waals surface area contributed by atoms with Gasteiger partial charge in [-0.05, 0) is 28.1 Å². The van der Waals surface area contributed by atoms with E-state index in [-0.39, 0.29) is 6.61 Å². The van der Waals surface area contributed by atoms with E-state index in [2.05, 4.69) is 31.9 Å². The summed E-state index contributed by atoms with van der Waals surface area (Å²) in [4.78, 5) is 11.1. The molecule has 1 N–H and O–H groups in total. The van der Waals surface area contributed by atoms with Gasteiger partial charge in [0.25, 0.3) is 0 Å². The second-order valence-corrected chi connectivity index (χ2v) is 3.24. The van der Waals surface area contributed by atoms with E-state index in [1.54, 1.807) is 6.07 Å². The third-order valence-corrected chi connectivity index (χ3v) is 2.09. The third kappa shape index (κ3) is 3.11. The molecule has 0 spiro atoms. The minimum Gasteiger partial charge on any atom is -0.436 e. The molecule has 3 nitrogen and oxygen atoms in total. The standard InChI is InChI=1S/C10H8BrNO2/c1-2-7-14-10(13)12-9-6-4-3-5-8(9)11/h1,3-6H,7H2,(H,12,13). The number of halogens is 1. The van der Waals surface area contributed by atoms with Gasteiger partial charge in [0.1, 0.15) is 0 Å². The van der Waals surface area contributed by atoms with Gasteiger partial charge < -0.3 is 4.74 Å². The number of anilines is 1. The van der Waals surface area contributed by atoms with Crippen molar-refractivity contribution in [1.29, 1.82) is 0 Å². The SMILES string of the molecule is C#CCOC(=O)Nc1ccccc1Br. The van der Waals surface area contributed by atoms with Crippen LogP contribution in [0.5, 0.6) is 0 Å². The Morgan fingerprint density at radius 3 is 2.93 bits per heavy atom. The van der Waals surface area contributed by atoms with Crippen LogP contribution in [-0.2, 0) is 4.74 Å². The number of hydrogen-bond donors (Lipinski definition) is 1. The molecule has 14 heavy (non-hydrogen) atoms. The lowest BCUT2D eigenvalue weighted by Gasteiger charge is -2.05. The van der Waals surface area contributed by atoms with Gasteiger partial charge >= 0.3 is 6.09 Å². The molecular weight excluding hydrogens is 246 g/mol. The molecule has 0 aliphatic carbocycles. The fourth-order valence-corrected chi connectivity index (χ4v) is 1.20. The summed E-state index contributed by atoms with van der Waals surface area (Å²) in [7, 11) is 0. The quantitative estimate of drug-likeness (QED) is 0.824. The predicted octanol–water partition coefficient (Wildman–Crippen LogP) is 2.63. The molecule has 0 saturated carbocycles. The molecule has 0 aromatic heterocycles. The van der Waals surface area contributed by atoms with Crippen LogP contribution in [0.1, 0.15) is 0 Å². The number of rotatable bonds is 2. The summed E-state index contributed by atoms with van der Waals surface area (Å²) in [5, 5.41) is 2.54. The third-order valence-electron chi connectivity index (χ3n) is 1.40. The summed E-state index contributed by atoms with van der Waals surface area (Å²) < 4.78 is 5.43. The zero-order chi connectivity index (χ0) is 10.4. The van der Waals surface area contributed by atoms with E-state index >= 15 is 0 Å². The van der Waals surface area contributed by atoms with Crippen molar-refractivity contribution in [3.05, 3.63) is 28.7 Å². The molecule has 0 aliphatic rings. The van der Waals surface area contributed by atoms with Crippen molar-refractivity contribution in [3.8, 4) is 12.3 Å². The number of terminal acetylenes is 1. The molecule has 0 atom stereocenters. The van der Waals surface area contributed by atoms with Crippen molar-refractivity contribution < 1.29 is 9.53 Å². The Kier molecular flexibility index (Phi) is 4.02. The van der Waals surface area contributed by atoms with E-state index in [1.165, 1.54) is 0 Å². The van der Waals surface area contributed by atoms with E-state index in [1.807, 2.05) is 18.2 Å². The van der Waals surface area contributed by atoms with Crippen LogP contribution in [-0.4, -0.2) is 12.7 Å². The van der Waals surface area contributed by atoms with Crippen LogP contribution in [0.25, 0.3) is 0 Å². The molecule has 0 unspecified atom stereocenters. The lowest BCUT2D eigenvalue weighted by molar-refractivity contribution is 0.176. The number of hydrogen-bond acceptors (Lipinski definition) is 2. The van der Waals surface area contributed by atoms with E-state index in [4.69, 9.17) is 6.42 Å². The number of carbonyl (C=O) groups excluding carboxylic acids is 1. The first-order chi connectivity index (χ1) is 6.74. The van der Waals surface area contributed by atoms with Gasteiger partial charge in [-0.15, -0.1) is 6.42 Å². The molecule has 0 fully saturated rings. The van der Waals surface area contributed by atoms with Crippen LogP contribution in [0.3, 0.4) is 0 Å². The molecule has 4 heteroatoms. The lowest BCUT2D eigenvalue weighted by atomic mass is 10.3. The van der Waals surface area contributed by atoms with Crippen LogP contribution in [0.2, 0.25) is 0 Å². The van der Waals surface area contributed by atoms with Gasteiger partial charge in [-0.3, -0.25) is 5.32 Å². The summed E-state index contributed by atoms with van der Waals surface area (Å²) in [5.74, 6) is 2.20. The van der Waals surface area contributed by atoms with Crippen LogP contribution >= 0.6 is 15.9 Å². The van der Waals surface area contributed by atoms with Gasteiger partial charge in [-0.2, -0.15) is 0 Å². The molecule has 1 aromatic rings. The van der Waals surface area contributed by atoms with Gasteiger partial charge in [0.2, 0.25) is 0 Å².